The van der Waals surface area contributed by atoms with Crippen LogP contribution < -0.4 is 0 Å². The lowest BCUT2D eigenvalue weighted by molar-refractivity contribution is 0.544. The van der Waals surface area contributed by atoms with Crippen molar-refractivity contribution in [1.82, 2.24) is 0 Å². The van der Waals surface area contributed by atoms with Crippen molar-refractivity contribution in [2.75, 3.05) is 0 Å². The Morgan fingerprint density at radius 1 is 0.379 bits per heavy atom. The molecule has 184 valence electrons. The average Bonchev–Trinajstić information content (AvgIpc) is 2.68. The van der Waals surface area contributed by atoms with E-state index >= 15 is 0 Å². The molecular weight excluding hydrogens is 348 g/mol. The van der Waals surface area contributed by atoms with E-state index in [1.807, 2.05) is 0 Å². The third-order valence-corrected chi connectivity index (χ3v) is 4.79. The molecule has 0 aliphatic heterocycles. The van der Waals surface area contributed by atoms with E-state index in [1.165, 1.54) is 83.5 Å². The molecule has 0 atom stereocenters. The topological polar surface area (TPSA) is 0 Å². The highest BCUT2D eigenvalue weighted by atomic mass is 13.9. The fraction of sp³-hybridized carbons (Fsp3) is 1.00. The van der Waals surface area contributed by atoms with Crippen LogP contribution in [-0.4, -0.2) is 0 Å². The van der Waals surface area contributed by atoms with Crippen LogP contribution in [0.1, 0.15) is 173 Å². The molecule has 0 aliphatic carbocycles. The molecule has 0 unspecified atom stereocenters. The highest BCUT2D eigenvalue weighted by molar-refractivity contribution is 4.41. The van der Waals surface area contributed by atoms with Crippen LogP contribution in [0.15, 0.2) is 0 Å². The Bertz CT molecular complexity index is 172. The van der Waals surface area contributed by atoms with E-state index < -0.39 is 0 Å². The van der Waals surface area contributed by atoms with E-state index in [9.17, 15) is 0 Å². The second-order valence-electron chi connectivity index (χ2n) is 9.35. The first-order valence-electron chi connectivity index (χ1n) is 13.7. The first-order valence-corrected chi connectivity index (χ1v) is 13.7. The van der Waals surface area contributed by atoms with Crippen LogP contribution in [0, 0.1) is 17.8 Å². The second-order valence-corrected chi connectivity index (χ2v) is 9.35. The summed E-state index contributed by atoms with van der Waals surface area (Å²) in [6, 6.07) is 0. The van der Waals surface area contributed by atoms with Gasteiger partial charge in [0.25, 0.3) is 0 Å². The van der Waals surface area contributed by atoms with Gasteiger partial charge in [0, 0.05) is 0 Å². The van der Waals surface area contributed by atoms with Crippen LogP contribution in [-0.2, 0) is 0 Å². The summed E-state index contributed by atoms with van der Waals surface area (Å²) in [5.74, 6) is 2.73. The molecule has 0 rings (SSSR count). The summed E-state index contributed by atoms with van der Waals surface area (Å²) < 4.78 is 0. The highest BCUT2D eigenvalue weighted by Gasteiger charge is 1.88. The molecule has 0 saturated heterocycles. The average molecular weight is 417 g/mol. The van der Waals surface area contributed by atoms with E-state index in [1.54, 1.807) is 0 Å². The van der Waals surface area contributed by atoms with E-state index in [0.29, 0.717) is 0 Å². The normalized spacial score (nSPS) is 9.52. The fourth-order valence-corrected chi connectivity index (χ4v) is 2.30. The zero-order valence-corrected chi connectivity index (χ0v) is 23.9. The van der Waals surface area contributed by atoms with Crippen molar-refractivity contribution in [1.29, 1.82) is 0 Å². The molecule has 29 heavy (non-hydrogen) atoms. The minimum absolute atomic E-state index is 0.898. The van der Waals surface area contributed by atoms with Gasteiger partial charge in [-0.15, -0.1) is 0 Å². The number of hydrogen-bond donors (Lipinski definition) is 0. The SMILES string of the molecule is CCC(C)CC.CCCC(C)C.CCCC(C)C.CCCCC.CCCCCC. The van der Waals surface area contributed by atoms with Gasteiger partial charge in [-0.1, -0.05) is 173 Å². The van der Waals surface area contributed by atoms with Crippen LogP contribution >= 0.6 is 0 Å². The minimum Gasteiger partial charge on any atom is -0.0654 e. The van der Waals surface area contributed by atoms with Crippen LogP contribution in [0.4, 0.5) is 0 Å². The van der Waals surface area contributed by atoms with Crippen molar-refractivity contribution in [3.8, 4) is 0 Å². The summed E-state index contributed by atoms with van der Waals surface area (Å²) >= 11 is 0. The van der Waals surface area contributed by atoms with Gasteiger partial charge in [0.2, 0.25) is 0 Å². The molecule has 0 aromatic heterocycles. The van der Waals surface area contributed by atoms with Gasteiger partial charge in [-0.05, 0) is 17.8 Å². The Labute approximate surface area is 191 Å². The zero-order chi connectivity index (χ0) is 23.9. The summed E-state index contributed by atoms with van der Waals surface area (Å²) in [6.07, 6.45) is 17.7. The van der Waals surface area contributed by atoms with Gasteiger partial charge in [0.15, 0.2) is 0 Å². The first-order chi connectivity index (χ1) is 13.7. The third kappa shape index (κ3) is 84.1. The van der Waals surface area contributed by atoms with Crippen LogP contribution in [0.2, 0.25) is 0 Å². The quantitative estimate of drug-likeness (QED) is 0.294. The number of hydrogen-bond acceptors (Lipinski definition) is 0. The summed E-state index contributed by atoms with van der Waals surface area (Å²) in [5, 5.41) is 0. The molecule has 0 aliphatic rings. The monoisotopic (exact) mass is 417 g/mol. The van der Waals surface area contributed by atoms with Crippen LogP contribution in [0.25, 0.3) is 0 Å². The molecule has 0 heteroatoms. The predicted octanol–water partition coefficient (Wildman–Crippen LogP) is 12.1. The minimum atomic E-state index is 0.898. The molecule has 0 fully saturated rings. The van der Waals surface area contributed by atoms with Gasteiger partial charge >= 0.3 is 0 Å². The van der Waals surface area contributed by atoms with Crippen LogP contribution in [0.5, 0.6) is 0 Å². The molecule has 0 nitrogen and oxygen atoms in total. The van der Waals surface area contributed by atoms with Gasteiger partial charge in [0.1, 0.15) is 0 Å². The summed E-state index contributed by atoms with van der Waals surface area (Å²) in [7, 11) is 0. The van der Waals surface area contributed by atoms with Crippen LogP contribution in [0.3, 0.4) is 0 Å². The van der Waals surface area contributed by atoms with E-state index in [-0.39, 0.29) is 0 Å². The molecule has 0 aromatic carbocycles. The van der Waals surface area contributed by atoms with Crippen molar-refractivity contribution in [3.63, 3.8) is 0 Å². The van der Waals surface area contributed by atoms with Gasteiger partial charge in [0.05, 0.1) is 0 Å². The number of rotatable bonds is 11. The molecule has 0 heterocycles. The van der Waals surface area contributed by atoms with E-state index in [2.05, 4.69) is 90.0 Å². The van der Waals surface area contributed by atoms with Gasteiger partial charge < -0.3 is 0 Å². The molecule has 0 spiro atoms. The third-order valence-electron chi connectivity index (χ3n) is 4.79. The standard InChI is InChI=1S/4C6H14.C5H12/c2*1-4-5-6(2)3;1-4-6(3)5-2;1-3-5-6-4-2;1-3-5-4-2/h3*6H,4-5H2,1-3H3;3-6H2,1-2H3;3-5H2,1-2H3. The lowest BCUT2D eigenvalue weighted by Crippen LogP contribution is -1.85. The molecule has 0 aromatic rings. The maximum Gasteiger partial charge on any atom is -0.0448 e. The summed E-state index contributed by atoms with van der Waals surface area (Å²) in [4.78, 5) is 0. The van der Waals surface area contributed by atoms with E-state index in [0.717, 1.165) is 17.8 Å². The van der Waals surface area contributed by atoms with Crippen molar-refractivity contribution in [2.45, 2.75) is 173 Å². The molecule has 0 saturated carbocycles. The van der Waals surface area contributed by atoms with Gasteiger partial charge in [-0.2, -0.15) is 0 Å². The first kappa shape index (κ1) is 39.5. The zero-order valence-electron chi connectivity index (χ0n) is 23.9. The maximum absolute atomic E-state index is 2.28. The predicted molar refractivity (Wildman–Crippen MR) is 144 cm³/mol. The maximum atomic E-state index is 2.28. The fourth-order valence-electron chi connectivity index (χ4n) is 2.30. The van der Waals surface area contributed by atoms with E-state index in [4.69, 9.17) is 0 Å². The Balaban J connectivity index is -0.0000000829. The number of unbranched alkanes of at least 4 members (excludes halogenated alkanes) is 5. The Morgan fingerprint density at radius 3 is 0.690 bits per heavy atom. The van der Waals surface area contributed by atoms with Crippen molar-refractivity contribution < 1.29 is 0 Å². The molecule has 0 N–H and O–H groups in total. The second kappa shape index (κ2) is 42.2. The lowest BCUT2D eigenvalue weighted by atomic mass is 10.1. The summed E-state index contributed by atoms with van der Waals surface area (Å²) in [5.41, 5.74) is 0. The van der Waals surface area contributed by atoms with Gasteiger partial charge in [-0.3, -0.25) is 0 Å². The smallest absolute Gasteiger partial charge is 0.0448 e. The van der Waals surface area contributed by atoms with Gasteiger partial charge in [-0.25, -0.2) is 0 Å². The molecule has 0 bridgehead atoms. The molecule has 0 amide bonds. The lowest BCUT2D eigenvalue weighted by Gasteiger charge is -1.98. The van der Waals surface area contributed by atoms with Crippen molar-refractivity contribution in [2.24, 2.45) is 17.8 Å². The highest BCUT2D eigenvalue weighted by Crippen LogP contribution is 2.03. The Morgan fingerprint density at radius 2 is 0.655 bits per heavy atom. The Kier molecular flexibility index (Phi) is 57.4. The van der Waals surface area contributed by atoms with Crippen molar-refractivity contribution in [3.05, 3.63) is 0 Å². The molecular formula is C29H68. The summed E-state index contributed by atoms with van der Waals surface area (Å²) in [6.45, 7) is 29.1. The van der Waals surface area contributed by atoms with Crippen molar-refractivity contribution >= 4 is 0 Å². The Hall–Kier alpha value is 0. The largest absolute Gasteiger partial charge is 0.0654 e. The molecule has 0 radical (unpaired) electrons.